The van der Waals surface area contributed by atoms with Gasteiger partial charge in [-0.15, -0.1) is 6.58 Å². The number of ether oxygens (including phenoxy) is 10. The first-order chi connectivity index (χ1) is 38.7. The highest BCUT2D eigenvalue weighted by atomic mass is 16.6. The smallest absolute Gasteiger partial charge is 0.407 e. The molecule has 80 heavy (non-hydrogen) atoms. The molecule has 2 amide bonds. The van der Waals surface area contributed by atoms with Crippen molar-refractivity contribution < 1.29 is 71.3 Å². The maximum Gasteiger partial charge on any atom is 0.407 e. The van der Waals surface area contributed by atoms with Gasteiger partial charge in [-0.1, -0.05) is 63.3 Å². The Kier molecular flexibility index (Phi) is 58.3. The highest BCUT2D eigenvalue weighted by Crippen LogP contribution is 2.19. The Balaban J connectivity index is -0.00000110. The summed E-state index contributed by atoms with van der Waals surface area (Å²) < 4.78 is 52.7. The van der Waals surface area contributed by atoms with E-state index in [0.717, 1.165) is 66.0 Å². The van der Waals surface area contributed by atoms with Crippen molar-refractivity contribution in [2.24, 2.45) is 0 Å². The SMILES string of the molecule is C=CCOC.C=COCc1ccc(NC(=O)C(C)NC)cc1.CC(C)(C)OC(=O)NCCOCCOCCCCCOCCOCCOCCOCCOCCC=O.CCC.CNCC=O.CNc1cc2ccccc2nc1C=O. The van der Waals surface area contributed by atoms with Crippen molar-refractivity contribution in [1.29, 1.82) is 0 Å². The number of carbonyl (C=O) groups is 5. The normalized spacial score (nSPS) is 10.6. The molecule has 0 saturated carbocycles. The molecule has 1 heterocycles. The van der Waals surface area contributed by atoms with Gasteiger partial charge in [-0.3, -0.25) is 9.59 Å². The van der Waals surface area contributed by atoms with Gasteiger partial charge < -0.3 is 83.5 Å². The third-order valence-corrected chi connectivity index (χ3v) is 9.35. The first-order valence-electron chi connectivity index (χ1n) is 27.2. The molecule has 0 aliphatic rings. The molecule has 1 aromatic heterocycles. The summed E-state index contributed by atoms with van der Waals surface area (Å²) in [4.78, 5) is 57.5. The van der Waals surface area contributed by atoms with Crippen molar-refractivity contribution >= 4 is 53.1 Å². The zero-order valence-electron chi connectivity index (χ0n) is 49.9. The number of nitrogens with zero attached hydrogens (tertiary/aromatic N) is 1. The van der Waals surface area contributed by atoms with Gasteiger partial charge in [-0.2, -0.15) is 0 Å². The Morgan fingerprint density at radius 2 is 1.23 bits per heavy atom. The van der Waals surface area contributed by atoms with E-state index in [9.17, 15) is 24.0 Å². The fourth-order valence-electron chi connectivity index (χ4n) is 5.40. The summed E-state index contributed by atoms with van der Waals surface area (Å²) in [7, 11) is 6.90. The summed E-state index contributed by atoms with van der Waals surface area (Å²) in [5.74, 6) is -0.0532. The van der Waals surface area contributed by atoms with E-state index in [1.54, 1.807) is 34.3 Å². The molecule has 0 radical (unpaired) electrons. The summed E-state index contributed by atoms with van der Waals surface area (Å²) in [6, 6.07) is 16.9. The number of aldehydes is 3. The molecular formula is C59H100N6O15. The maximum atomic E-state index is 11.6. The number of fused-ring (bicyclic) bond motifs is 1. The molecule has 0 spiro atoms. The van der Waals surface area contributed by atoms with E-state index in [1.807, 2.05) is 82.3 Å². The lowest BCUT2D eigenvalue weighted by molar-refractivity contribution is -0.117. The highest BCUT2D eigenvalue weighted by molar-refractivity contribution is 5.94. The largest absolute Gasteiger partial charge is 0.497 e. The van der Waals surface area contributed by atoms with Crippen LogP contribution in [-0.4, -0.2) is 188 Å². The minimum Gasteiger partial charge on any atom is -0.497 e. The van der Waals surface area contributed by atoms with Gasteiger partial charge in [0.25, 0.3) is 0 Å². The molecule has 21 heteroatoms. The van der Waals surface area contributed by atoms with Crippen LogP contribution in [-0.2, 0) is 68.4 Å². The van der Waals surface area contributed by atoms with E-state index in [4.69, 9.17) is 42.6 Å². The number of para-hydroxylation sites is 1. The molecular weight excluding hydrogens is 1030 g/mol. The zero-order chi connectivity index (χ0) is 60.2. The molecule has 3 aromatic rings. The topological polar surface area (TPSA) is 251 Å². The van der Waals surface area contributed by atoms with Crippen LogP contribution in [0.4, 0.5) is 16.2 Å². The van der Waals surface area contributed by atoms with Crippen molar-refractivity contribution in [2.45, 2.75) is 91.9 Å². The van der Waals surface area contributed by atoms with Gasteiger partial charge in [0.15, 0.2) is 6.29 Å². The second kappa shape index (κ2) is 59.4. The van der Waals surface area contributed by atoms with Crippen LogP contribution in [0.15, 0.2) is 80.1 Å². The fourth-order valence-corrected chi connectivity index (χ4v) is 5.40. The van der Waals surface area contributed by atoms with Crippen LogP contribution < -0.4 is 26.6 Å². The number of methoxy groups -OCH3 is 1. The Labute approximate surface area is 478 Å². The van der Waals surface area contributed by atoms with Crippen LogP contribution in [0, 0.1) is 0 Å². The fraction of sp³-hybridized carbons (Fsp3) is 0.593. The average Bonchev–Trinajstić information content (AvgIpc) is 3.45. The first-order valence-corrected chi connectivity index (χ1v) is 27.2. The highest BCUT2D eigenvalue weighted by Gasteiger charge is 2.15. The van der Waals surface area contributed by atoms with Gasteiger partial charge in [0.2, 0.25) is 5.91 Å². The number of rotatable bonds is 39. The van der Waals surface area contributed by atoms with E-state index in [1.165, 1.54) is 12.7 Å². The standard InChI is InChI=1S/C25H49NO10.C13H18N2O2.C11H10N2O.C4H8O.C3H7NO.C3H8/c1-25(2,3)36-24(28)26-8-13-32-17-14-29-10-5-4-6-11-30-15-18-33-20-22-35-23-21-34-19-16-31-12-7-9-27;1-4-17-9-11-5-7-12(8-6-11)15-13(16)10(2)14-3;1-12-10-6-8-4-2-3-5-9(8)13-11(10)7-14;1-3-4-5-2;1-4-2-3-5;1-3-2/h9H,4-8,10-23H2,1-3H3,(H,26,28);4-8,10,14H,1,9H2,2-3H3,(H,15,16);2-7,12H,1H3;3H,1,4H2,2H3;3-4H,2H2,1H3;3H2,1-2H3. The number of likely N-dealkylation sites (N-methyl/N-ethyl adjacent to an activating group) is 2. The van der Waals surface area contributed by atoms with Crippen LogP contribution >= 0.6 is 0 Å². The Bertz CT molecular complexity index is 1930. The van der Waals surface area contributed by atoms with Crippen LogP contribution in [0.2, 0.25) is 0 Å². The Morgan fingerprint density at radius 3 is 1.65 bits per heavy atom. The number of pyridine rings is 1. The van der Waals surface area contributed by atoms with Gasteiger partial charge in [0, 0.05) is 51.4 Å². The van der Waals surface area contributed by atoms with Crippen LogP contribution in [0.5, 0.6) is 0 Å². The number of benzene rings is 2. The van der Waals surface area contributed by atoms with Crippen molar-refractivity contribution in [3.63, 3.8) is 0 Å². The number of aromatic nitrogens is 1. The molecule has 21 nitrogen and oxygen atoms in total. The lowest BCUT2D eigenvalue weighted by Crippen LogP contribution is -2.35. The number of hydrogen-bond donors (Lipinski definition) is 5. The Hall–Kier alpha value is -5.72. The molecule has 5 N–H and O–H groups in total. The number of hydrogen-bond acceptors (Lipinski definition) is 19. The second-order valence-corrected chi connectivity index (χ2v) is 17.6. The summed E-state index contributed by atoms with van der Waals surface area (Å²) in [5, 5.41) is 15.0. The van der Waals surface area contributed by atoms with Crippen LogP contribution in [0.25, 0.3) is 10.9 Å². The predicted octanol–water partition coefficient (Wildman–Crippen LogP) is 8.01. The molecule has 0 fully saturated rings. The number of amides is 2. The minimum absolute atomic E-state index is 0.0532. The molecule has 1 unspecified atom stereocenters. The van der Waals surface area contributed by atoms with E-state index in [-0.39, 0.29) is 11.9 Å². The third-order valence-electron chi connectivity index (χ3n) is 9.35. The Morgan fingerprint density at radius 1 is 0.700 bits per heavy atom. The van der Waals surface area contributed by atoms with E-state index < -0.39 is 11.7 Å². The predicted molar refractivity (Wildman–Crippen MR) is 318 cm³/mol. The second-order valence-electron chi connectivity index (χ2n) is 17.6. The van der Waals surface area contributed by atoms with Crippen molar-refractivity contribution in [2.75, 3.05) is 151 Å². The minimum atomic E-state index is -0.496. The maximum absolute atomic E-state index is 11.6. The monoisotopic (exact) mass is 1130 g/mol. The van der Waals surface area contributed by atoms with Gasteiger partial charge in [0.05, 0.1) is 116 Å². The number of carbonyl (C=O) groups excluding carboxylic acids is 5. The number of nitrogens with one attached hydrogen (secondary N) is 5. The molecule has 0 aliphatic carbocycles. The average molecular weight is 1130 g/mol. The van der Waals surface area contributed by atoms with Gasteiger partial charge >= 0.3 is 6.09 Å². The first kappa shape index (κ1) is 78.5. The van der Waals surface area contributed by atoms with Crippen molar-refractivity contribution in [3.8, 4) is 0 Å². The lowest BCUT2D eigenvalue weighted by Gasteiger charge is -2.19. The molecule has 2 aromatic carbocycles. The molecule has 0 saturated heterocycles. The summed E-state index contributed by atoms with van der Waals surface area (Å²) in [6.07, 6.45) is 9.78. The van der Waals surface area contributed by atoms with Gasteiger partial charge in [0.1, 0.15) is 30.5 Å². The summed E-state index contributed by atoms with van der Waals surface area (Å²) >= 11 is 0. The molecule has 3 rings (SSSR count). The van der Waals surface area contributed by atoms with Crippen LogP contribution in [0.3, 0.4) is 0 Å². The molecule has 0 aliphatic heterocycles. The number of alkyl carbamates (subject to hydrolysis) is 1. The van der Waals surface area contributed by atoms with E-state index >= 15 is 0 Å². The number of anilines is 2. The van der Waals surface area contributed by atoms with E-state index in [2.05, 4.69) is 63.3 Å². The third kappa shape index (κ3) is 53.0. The number of unbranched alkanes of at least 4 members (excludes halogenated alkanes) is 2. The molecule has 1 atom stereocenters. The van der Waals surface area contributed by atoms with Crippen molar-refractivity contribution in [1.82, 2.24) is 20.9 Å². The van der Waals surface area contributed by atoms with Crippen molar-refractivity contribution in [3.05, 3.63) is 91.4 Å². The van der Waals surface area contributed by atoms with E-state index in [0.29, 0.717) is 131 Å². The molecule has 0 bridgehead atoms. The molecule has 456 valence electrons. The van der Waals surface area contributed by atoms with Crippen LogP contribution in [0.1, 0.15) is 89.7 Å². The summed E-state index contributed by atoms with van der Waals surface area (Å²) in [5.41, 5.74) is 3.37. The lowest BCUT2D eigenvalue weighted by atomic mass is 10.2. The van der Waals surface area contributed by atoms with Gasteiger partial charge in [-0.05, 0) is 90.9 Å². The quantitative estimate of drug-likeness (QED) is 0.0157. The summed E-state index contributed by atoms with van der Waals surface area (Å²) in [6.45, 7) is 27.9. The van der Waals surface area contributed by atoms with Gasteiger partial charge in [-0.25, -0.2) is 9.78 Å². The zero-order valence-corrected chi connectivity index (χ0v) is 49.9.